The molecule has 3 nitrogen and oxygen atoms in total. The molecule has 3 rings (SSSR count). The molecular formula is C17H20N2O. The Morgan fingerprint density at radius 2 is 1.30 bits per heavy atom. The van der Waals surface area contributed by atoms with Crippen molar-refractivity contribution in [3.05, 3.63) is 71.8 Å². The molecule has 1 heterocycles. The van der Waals surface area contributed by atoms with Crippen molar-refractivity contribution in [1.82, 2.24) is 10.4 Å². The molecule has 1 fully saturated rings. The summed E-state index contributed by atoms with van der Waals surface area (Å²) in [7, 11) is 0. The van der Waals surface area contributed by atoms with Crippen molar-refractivity contribution in [2.45, 2.75) is 6.04 Å². The number of nitrogens with one attached hydrogen (secondary N) is 1. The monoisotopic (exact) mass is 268 g/mol. The molecule has 2 aromatic carbocycles. The van der Waals surface area contributed by atoms with Gasteiger partial charge in [0.05, 0.1) is 19.3 Å². The van der Waals surface area contributed by atoms with E-state index in [0.717, 1.165) is 26.3 Å². The molecule has 20 heavy (non-hydrogen) atoms. The van der Waals surface area contributed by atoms with E-state index in [9.17, 15) is 0 Å². The predicted octanol–water partition coefficient (Wildman–Crippen LogP) is 2.61. The Labute approximate surface area is 120 Å². The van der Waals surface area contributed by atoms with Crippen LogP contribution in [0.4, 0.5) is 0 Å². The summed E-state index contributed by atoms with van der Waals surface area (Å²) in [6.07, 6.45) is 0. The second kappa shape index (κ2) is 6.66. The van der Waals surface area contributed by atoms with Crippen LogP contribution in [0.25, 0.3) is 0 Å². The predicted molar refractivity (Wildman–Crippen MR) is 80.3 cm³/mol. The van der Waals surface area contributed by atoms with Crippen LogP contribution in [-0.2, 0) is 4.74 Å². The number of ether oxygens (including phenoxy) is 1. The molecule has 104 valence electrons. The van der Waals surface area contributed by atoms with Gasteiger partial charge in [0, 0.05) is 13.1 Å². The molecule has 2 aromatic rings. The first kappa shape index (κ1) is 13.3. The third-order valence-corrected chi connectivity index (χ3v) is 3.59. The first-order chi connectivity index (χ1) is 9.93. The molecule has 1 saturated heterocycles. The lowest BCUT2D eigenvalue weighted by Crippen LogP contribution is -2.47. The van der Waals surface area contributed by atoms with Gasteiger partial charge in [0.2, 0.25) is 0 Å². The molecule has 0 amide bonds. The van der Waals surface area contributed by atoms with E-state index >= 15 is 0 Å². The third kappa shape index (κ3) is 3.25. The average Bonchev–Trinajstić information content (AvgIpc) is 2.55. The van der Waals surface area contributed by atoms with E-state index in [1.807, 2.05) is 0 Å². The van der Waals surface area contributed by atoms with Crippen molar-refractivity contribution in [2.75, 3.05) is 26.3 Å². The molecule has 0 saturated carbocycles. The largest absolute Gasteiger partial charge is 0.379 e. The first-order valence-corrected chi connectivity index (χ1v) is 7.12. The van der Waals surface area contributed by atoms with Gasteiger partial charge in [-0.25, -0.2) is 10.4 Å². The number of morpholine rings is 1. The van der Waals surface area contributed by atoms with Gasteiger partial charge in [-0.1, -0.05) is 60.7 Å². The van der Waals surface area contributed by atoms with Gasteiger partial charge in [0.15, 0.2) is 0 Å². The summed E-state index contributed by atoms with van der Waals surface area (Å²) >= 11 is 0. The Bertz CT molecular complexity index is 470. The quantitative estimate of drug-likeness (QED) is 0.922. The summed E-state index contributed by atoms with van der Waals surface area (Å²) < 4.78 is 5.41. The molecule has 3 heteroatoms. The van der Waals surface area contributed by atoms with E-state index in [0.29, 0.717) is 0 Å². The van der Waals surface area contributed by atoms with E-state index in [1.54, 1.807) is 0 Å². The topological polar surface area (TPSA) is 24.5 Å². The highest BCUT2D eigenvalue weighted by atomic mass is 16.5. The standard InChI is InChI=1S/C17H20N2O/c1-3-7-15(8-4-1)17(16-9-5-2-6-10-16)18-19-11-13-20-14-12-19/h1-10,17-18H,11-14H2. The van der Waals surface area contributed by atoms with Crippen molar-refractivity contribution in [3.63, 3.8) is 0 Å². The molecule has 0 bridgehead atoms. The molecule has 1 aliphatic rings. The SMILES string of the molecule is c1ccc(C(NN2CCOCC2)c2ccccc2)cc1. The Balaban J connectivity index is 1.83. The summed E-state index contributed by atoms with van der Waals surface area (Å²) in [5.41, 5.74) is 6.21. The fourth-order valence-electron chi connectivity index (χ4n) is 2.51. The van der Waals surface area contributed by atoms with Gasteiger partial charge in [-0.05, 0) is 11.1 Å². The molecule has 0 spiro atoms. The summed E-state index contributed by atoms with van der Waals surface area (Å²) in [6, 6.07) is 21.3. The van der Waals surface area contributed by atoms with Crippen LogP contribution in [0.3, 0.4) is 0 Å². The maximum atomic E-state index is 5.41. The lowest BCUT2D eigenvalue weighted by Gasteiger charge is -2.32. The van der Waals surface area contributed by atoms with Crippen LogP contribution in [0.2, 0.25) is 0 Å². The second-order valence-electron chi connectivity index (χ2n) is 4.98. The third-order valence-electron chi connectivity index (χ3n) is 3.59. The van der Waals surface area contributed by atoms with Crippen molar-refractivity contribution in [3.8, 4) is 0 Å². The summed E-state index contributed by atoms with van der Waals surface area (Å²) in [6.45, 7) is 3.44. The van der Waals surface area contributed by atoms with Gasteiger partial charge in [0.25, 0.3) is 0 Å². The Hall–Kier alpha value is -1.68. The minimum Gasteiger partial charge on any atom is -0.379 e. The van der Waals surface area contributed by atoms with E-state index < -0.39 is 0 Å². The number of hydrogen-bond acceptors (Lipinski definition) is 3. The number of rotatable bonds is 4. The smallest absolute Gasteiger partial charge is 0.0714 e. The number of benzene rings is 2. The fraction of sp³-hybridized carbons (Fsp3) is 0.294. The molecule has 1 aliphatic heterocycles. The van der Waals surface area contributed by atoms with Crippen LogP contribution in [0, 0.1) is 0 Å². The lowest BCUT2D eigenvalue weighted by atomic mass is 9.99. The van der Waals surface area contributed by atoms with Gasteiger partial charge in [-0.2, -0.15) is 0 Å². The highest BCUT2D eigenvalue weighted by Gasteiger charge is 2.18. The van der Waals surface area contributed by atoms with Gasteiger partial charge in [-0.15, -0.1) is 0 Å². The van der Waals surface area contributed by atoms with Crippen LogP contribution in [0.15, 0.2) is 60.7 Å². The summed E-state index contributed by atoms with van der Waals surface area (Å²) in [5.74, 6) is 0. The first-order valence-electron chi connectivity index (χ1n) is 7.12. The highest BCUT2D eigenvalue weighted by Crippen LogP contribution is 2.22. The number of hydrogen-bond donors (Lipinski definition) is 1. The molecule has 0 aromatic heterocycles. The minimum absolute atomic E-state index is 0.190. The Morgan fingerprint density at radius 1 is 0.800 bits per heavy atom. The maximum Gasteiger partial charge on any atom is 0.0714 e. The Morgan fingerprint density at radius 3 is 1.80 bits per heavy atom. The van der Waals surface area contributed by atoms with Gasteiger partial charge >= 0.3 is 0 Å². The van der Waals surface area contributed by atoms with Crippen molar-refractivity contribution in [1.29, 1.82) is 0 Å². The van der Waals surface area contributed by atoms with E-state index in [4.69, 9.17) is 4.74 Å². The van der Waals surface area contributed by atoms with Crippen molar-refractivity contribution in [2.24, 2.45) is 0 Å². The maximum absolute atomic E-state index is 5.41. The number of nitrogens with zero attached hydrogens (tertiary/aromatic N) is 1. The fourth-order valence-corrected chi connectivity index (χ4v) is 2.51. The van der Waals surface area contributed by atoms with E-state index in [2.05, 4.69) is 71.1 Å². The molecule has 0 atom stereocenters. The van der Waals surface area contributed by atoms with Crippen molar-refractivity contribution >= 4 is 0 Å². The second-order valence-corrected chi connectivity index (χ2v) is 4.98. The zero-order valence-electron chi connectivity index (χ0n) is 11.5. The zero-order valence-corrected chi connectivity index (χ0v) is 11.5. The van der Waals surface area contributed by atoms with E-state index in [1.165, 1.54) is 11.1 Å². The molecule has 1 N–H and O–H groups in total. The van der Waals surface area contributed by atoms with Crippen LogP contribution in [0.1, 0.15) is 17.2 Å². The molecular weight excluding hydrogens is 248 g/mol. The zero-order chi connectivity index (χ0) is 13.6. The highest BCUT2D eigenvalue weighted by molar-refractivity contribution is 5.31. The molecule has 0 radical (unpaired) electrons. The number of hydrazine groups is 1. The van der Waals surface area contributed by atoms with Crippen molar-refractivity contribution < 1.29 is 4.74 Å². The summed E-state index contributed by atoms with van der Waals surface area (Å²) in [4.78, 5) is 0. The van der Waals surface area contributed by atoms with E-state index in [-0.39, 0.29) is 6.04 Å². The minimum atomic E-state index is 0.190. The van der Waals surface area contributed by atoms with Gasteiger partial charge in [0.1, 0.15) is 0 Å². The molecule has 0 unspecified atom stereocenters. The van der Waals surface area contributed by atoms with Gasteiger partial charge < -0.3 is 4.74 Å². The normalized spacial score (nSPS) is 16.4. The van der Waals surface area contributed by atoms with Gasteiger partial charge in [-0.3, -0.25) is 0 Å². The van der Waals surface area contributed by atoms with Crippen LogP contribution < -0.4 is 5.43 Å². The summed E-state index contributed by atoms with van der Waals surface area (Å²) in [5, 5.41) is 2.26. The van der Waals surface area contributed by atoms with Crippen LogP contribution in [-0.4, -0.2) is 31.3 Å². The lowest BCUT2D eigenvalue weighted by molar-refractivity contribution is 0.00647. The van der Waals surface area contributed by atoms with Crippen LogP contribution >= 0.6 is 0 Å². The van der Waals surface area contributed by atoms with Crippen LogP contribution in [0.5, 0.6) is 0 Å². The Kier molecular flexibility index (Phi) is 4.43. The molecule has 0 aliphatic carbocycles. The average molecular weight is 268 g/mol.